The minimum Gasteiger partial charge on any atom is -0.480 e. The van der Waals surface area contributed by atoms with Gasteiger partial charge in [0.25, 0.3) is 5.82 Å². The molecule has 1 atom stereocenters. The molecule has 0 aliphatic rings. The Morgan fingerprint density at radius 2 is 2.14 bits per heavy atom. The largest absolute Gasteiger partial charge is 0.480 e. The fraction of sp³-hybridized carbons (Fsp3) is 0.600. The third-order valence-corrected chi connectivity index (χ3v) is 1.47. The van der Waals surface area contributed by atoms with Crippen LogP contribution in [0.1, 0.15) is 18.8 Å². The Labute approximate surface area is 75.3 Å². The molecule has 0 amide bonds. The Kier molecular flexibility index (Phi) is 2.41. The molecule has 0 aromatic carbocycles. The van der Waals surface area contributed by atoms with Gasteiger partial charge in [-0.25, -0.2) is 9.48 Å². The first-order valence-corrected chi connectivity index (χ1v) is 3.42. The van der Waals surface area contributed by atoms with E-state index in [4.69, 9.17) is 5.11 Å². The number of carbonyl (C=O) groups is 1. The SMILES string of the molecule is CC(C(=O)O)n1nnnc1C(F)(F)F. The van der Waals surface area contributed by atoms with Gasteiger partial charge in [-0.05, 0) is 17.4 Å². The van der Waals surface area contributed by atoms with Crippen molar-refractivity contribution in [2.75, 3.05) is 0 Å². The quantitative estimate of drug-likeness (QED) is 0.761. The van der Waals surface area contributed by atoms with Gasteiger partial charge in [0.15, 0.2) is 6.04 Å². The topological polar surface area (TPSA) is 80.9 Å². The lowest BCUT2D eigenvalue weighted by molar-refractivity contribution is -0.151. The molecule has 6 nitrogen and oxygen atoms in total. The number of carboxylic acid groups (broad SMARTS) is 1. The monoisotopic (exact) mass is 210 g/mol. The Balaban J connectivity index is 3.11. The zero-order valence-electron chi connectivity index (χ0n) is 6.86. The number of aromatic nitrogens is 4. The van der Waals surface area contributed by atoms with Crippen LogP contribution in [-0.2, 0) is 11.0 Å². The van der Waals surface area contributed by atoms with Crippen LogP contribution >= 0.6 is 0 Å². The van der Waals surface area contributed by atoms with E-state index in [-0.39, 0.29) is 4.68 Å². The maximum Gasteiger partial charge on any atom is 0.453 e. The van der Waals surface area contributed by atoms with E-state index in [1.807, 2.05) is 0 Å². The van der Waals surface area contributed by atoms with Gasteiger partial charge in [0.1, 0.15) is 0 Å². The van der Waals surface area contributed by atoms with Gasteiger partial charge < -0.3 is 5.11 Å². The molecule has 78 valence electrons. The lowest BCUT2D eigenvalue weighted by Gasteiger charge is -2.09. The minimum absolute atomic E-state index is 0.211. The molecule has 0 saturated heterocycles. The smallest absolute Gasteiger partial charge is 0.453 e. The van der Waals surface area contributed by atoms with E-state index in [1.54, 1.807) is 0 Å². The van der Waals surface area contributed by atoms with Crippen molar-refractivity contribution in [3.63, 3.8) is 0 Å². The standard InChI is InChI=1S/C5H5F3N4O2/c1-2(3(13)14)12-4(5(6,7)8)9-10-11-12/h2H,1H3,(H,13,14). The fourth-order valence-electron chi connectivity index (χ4n) is 0.746. The summed E-state index contributed by atoms with van der Waals surface area (Å²) in [5.41, 5.74) is 0. The zero-order valence-corrected chi connectivity index (χ0v) is 6.86. The highest BCUT2D eigenvalue weighted by molar-refractivity contribution is 5.71. The molecule has 0 spiro atoms. The Bertz CT molecular complexity index is 347. The molecule has 1 rings (SSSR count). The van der Waals surface area contributed by atoms with Crippen molar-refractivity contribution < 1.29 is 23.1 Å². The van der Waals surface area contributed by atoms with Crippen LogP contribution in [0.25, 0.3) is 0 Å². The summed E-state index contributed by atoms with van der Waals surface area (Å²) < 4.78 is 36.7. The first kappa shape index (κ1) is 10.4. The minimum atomic E-state index is -4.76. The van der Waals surface area contributed by atoms with Gasteiger partial charge in [-0.2, -0.15) is 13.2 Å². The number of aliphatic carboxylic acids is 1. The molecule has 0 fully saturated rings. The van der Waals surface area contributed by atoms with E-state index in [2.05, 4.69) is 15.5 Å². The molecular weight excluding hydrogens is 205 g/mol. The lowest BCUT2D eigenvalue weighted by Crippen LogP contribution is -2.23. The van der Waals surface area contributed by atoms with E-state index in [9.17, 15) is 18.0 Å². The first-order chi connectivity index (χ1) is 6.34. The van der Waals surface area contributed by atoms with Gasteiger partial charge in [-0.1, -0.05) is 0 Å². The molecule has 0 saturated carbocycles. The van der Waals surface area contributed by atoms with Crippen LogP contribution in [0.15, 0.2) is 0 Å². The maximum absolute atomic E-state index is 12.1. The Morgan fingerprint density at radius 1 is 1.57 bits per heavy atom. The van der Waals surface area contributed by atoms with E-state index < -0.39 is 24.0 Å². The predicted octanol–water partition coefficient (Wildman–Crippen LogP) is 0.338. The number of tetrazole rings is 1. The van der Waals surface area contributed by atoms with Gasteiger partial charge in [0.05, 0.1) is 0 Å². The van der Waals surface area contributed by atoms with Gasteiger partial charge in [0, 0.05) is 0 Å². The summed E-state index contributed by atoms with van der Waals surface area (Å²) in [7, 11) is 0. The number of nitrogens with zero attached hydrogens (tertiary/aromatic N) is 4. The number of hydrogen-bond donors (Lipinski definition) is 1. The van der Waals surface area contributed by atoms with Gasteiger partial charge >= 0.3 is 12.1 Å². The average Bonchev–Trinajstić information content (AvgIpc) is 2.48. The molecule has 9 heteroatoms. The number of rotatable bonds is 2. The number of alkyl halides is 3. The van der Waals surface area contributed by atoms with Crippen LogP contribution < -0.4 is 0 Å². The van der Waals surface area contributed by atoms with Crippen LogP contribution in [0.2, 0.25) is 0 Å². The summed E-state index contributed by atoms with van der Waals surface area (Å²) in [4.78, 5) is 10.4. The van der Waals surface area contributed by atoms with Crippen molar-refractivity contribution in [1.29, 1.82) is 0 Å². The first-order valence-electron chi connectivity index (χ1n) is 3.42. The molecule has 1 heterocycles. The fourth-order valence-corrected chi connectivity index (χ4v) is 0.746. The summed E-state index contributed by atoms with van der Waals surface area (Å²) >= 11 is 0. The van der Waals surface area contributed by atoms with Crippen molar-refractivity contribution in [2.24, 2.45) is 0 Å². The van der Waals surface area contributed by atoms with Crippen LogP contribution in [0, 0.1) is 0 Å². The average molecular weight is 210 g/mol. The van der Waals surface area contributed by atoms with Crippen LogP contribution in [0.5, 0.6) is 0 Å². The van der Waals surface area contributed by atoms with Gasteiger partial charge in [-0.15, -0.1) is 5.10 Å². The Morgan fingerprint density at radius 3 is 2.57 bits per heavy atom. The van der Waals surface area contributed by atoms with Crippen molar-refractivity contribution in [2.45, 2.75) is 19.1 Å². The molecule has 0 radical (unpaired) electrons. The second kappa shape index (κ2) is 3.24. The van der Waals surface area contributed by atoms with Gasteiger partial charge in [0.2, 0.25) is 0 Å². The molecule has 1 N–H and O–H groups in total. The summed E-state index contributed by atoms with van der Waals surface area (Å²) in [6, 6.07) is -1.46. The summed E-state index contributed by atoms with van der Waals surface area (Å²) in [6.45, 7) is 1.05. The van der Waals surface area contributed by atoms with Crippen molar-refractivity contribution in [3.05, 3.63) is 5.82 Å². The highest BCUT2D eigenvalue weighted by atomic mass is 19.4. The van der Waals surface area contributed by atoms with E-state index in [1.165, 1.54) is 0 Å². The molecule has 1 aromatic rings. The molecule has 1 aromatic heterocycles. The maximum atomic E-state index is 12.1. The normalized spacial score (nSPS) is 14.0. The lowest BCUT2D eigenvalue weighted by atomic mass is 10.3. The highest BCUT2D eigenvalue weighted by Gasteiger charge is 2.40. The third kappa shape index (κ3) is 1.80. The second-order valence-electron chi connectivity index (χ2n) is 2.46. The highest BCUT2D eigenvalue weighted by Crippen LogP contribution is 2.28. The molecule has 0 aliphatic heterocycles. The van der Waals surface area contributed by atoms with Crippen molar-refractivity contribution >= 4 is 5.97 Å². The van der Waals surface area contributed by atoms with Crippen LogP contribution in [-0.4, -0.2) is 31.3 Å². The van der Waals surface area contributed by atoms with E-state index in [0.717, 1.165) is 6.92 Å². The molecule has 14 heavy (non-hydrogen) atoms. The third-order valence-electron chi connectivity index (χ3n) is 1.47. The van der Waals surface area contributed by atoms with E-state index in [0.29, 0.717) is 0 Å². The van der Waals surface area contributed by atoms with E-state index >= 15 is 0 Å². The predicted molar refractivity (Wildman–Crippen MR) is 35.2 cm³/mol. The second-order valence-corrected chi connectivity index (χ2v) is 2.46. The molecule has 1 unspecified atom stereocenters. The number of carboxylic acids is 1. The van der Waals surface area contributed by atoms with Crippen molar-refractivity contribution in [3.8, 4) is 0 Å². The van der Waals surface area contributed by atoms with Crippen molar-refractivity contribution in [1.82, 2.24) is 20.2 Å². The summed E-state index contributed by atoms with van der Waals surface area (Å²) in [5.74, 6) is -2.87. The molecule has 0 aliphatic carbocycles. The summed E-state index contributed by atoms with van der Waals surface area (Å²) in [6.07, 6.45) is -4.76. The Hall–Kier alpha value is -1.67. The number of hydrogen-bond acceptors (Lipinski definition) is 4. The summed E-state index contributed by atoms with van der Waals surface area (Å²) in [5, 5.41) is 16.9. The zero-order chi connectivity index (χ0) is 10.9. The molecule has 0 bridgehead atoms. The van der Waals surface area contributed by atoms with Crippen LogP contribution in [0.4, 0.5) is 13.2 Å². The van der Waals surface area contributed by atoms with Gasteiger partial charge in [-0.3, -0.25) is 0 Å². The molecular formula is C5H5F3N4O2. The number of halogens is 3. The van der Waals surface area contributed by atoms with Crippen LogP contribution in [0.3, 0.4) is 0 Å².